The zero-order chi connectivity index (χ0) is 10.7. The van der Waals surface area contributed by atoms with Crippen molar-refractivity contribution in [3.8, 4) is 0 Å². The van der Waals surface area contributed by atoms with E-state index in [0.717, 1.165) is 5.92 Å². The maximum Gasteiger partial charge on any atom is 0.0403 e. The average molecular weight is 204 g/mol. The summed E-state index contributed by atoms with van der Waals surface area (Å²) in [5, 5.41) is 3.66. The van der Waals surface area contributed by atoms with Gasteiger partial charge >= 0.3 is 0 Å². The van der Waals surface area contributed by atoms with Gasteiger partial charge in [0.2, 0.25) is 0 Å². The van der Waals surface area contributed by atoms with Crippen molar-refractivity contribution >= 4 is 5.69 Å². The third kappa shape index (κ3) is 2.49. The summed E-state index contributed by atoms with van der Waals surface area (Å²) >= 11 is 0. The number of hydrogen-bond acceptors (Lipinski definition) is 2. The molecule has 1 N–H and O–H groups in total. The number of anilines is 1. The SMILES string of the molecule is Cc1cnccc1NC1CCCCC1C. The molecule has 82 valence electrons. The molecule has 2 atom stereocenters. The Labute approximate surface area is 92.1 Å². The van der Waals surface area contributed by atoms with Gasteiger partial charge in [-0.3, -0.25) is 4.98 Å². The molecule has 1 aromatic rings. The molecule has 0 saturated heterocycles. The van der Waals surface area contributed by atoms with Crippen LogP contribution in [0.3, 0.4) is 0 Å². The predicted octanol–water partition coefficient (Wildman–Crippen LogP) is 3.38. The van der Waals surface area contributed by atoms with E-state index in [0.29, 0.717) is 6.04 Å². The monoisotopic (exact) mass is 204 g/mol. The molecule has 0 amide bonds. The van der Waals surface area contributed by atoms with Crippen LogP contribution in [0.15, 0.2) is 18.5 Å². The van der Waals surface area contributed by atoms with Crippen molar-refractivity contribution in [2.75, 3.05) is 5.32 Å². The lowest BCUT2D eigenvalue weighted by Crippen LogP contribution is -2.30. The number of hydrogen-bond donors (Lipinski definition) is 1. The van der Waals surface area contributed by atoms with Crippen molar-refractivity contribution < 1.29 is 0 Å². The van der Waals surface area contributed by atoms with Gasteiger partial charge < -0.3 is 5.32 Å². The Morgan fingerprint density at radius 2 is 2.13 bits per heavy atom. The van der Waals surface area contributed by atoms with Gasteiger partial charge in [-0.25, -0.2) is 0 Å². The number of pyridine rings is 1. The van der Waals surface area contributed by atoms with E-state index < -0.39 is 0 Å². The molecule has 0 aliphatic heterocycles. The van der Waals surface area contributed by atoms with Gasteiger partial charge in [-0.1, -0.05) is 19.8 Å². The molecule has 0 spiro atoms. The molecular formula is C13H20N2. The lowest BCUT2D eigenvalue weighted by atomic mass is 9.86. The first-order valence-electron chi connectivity index (χ1n) is 5.94. The van der Waals surface area contributed by atoms with Gasteiger partial charge in [-0.05, 0) is 37.3 Å². The molecule has 0 aromatic carbocycles. The highest BCUT2D eigenvalue weighted by Crippen LogP contribution is 2.27. The van der Waals surface area contributed by atoms with Crippen LogP contribution < -0.4 is 5.32 Å². The molecule has 1 fully saturated rings. The first-order chi connectivity index (χ1) is 7.27. The van der Waals surface area contributed by atoms with Gasteiger partial charge in [-0.15, -0.1) is 0 Å². The van der Waals surface area contributed by atoms with E-state index in [2.05, 4.69) is 30.2 Å². The molecule has 0 bridgehead atoms. The zero-order valence-electron chi connectivity index (χ0n) is 9.66. The summed E-state index contributed by atoms with van der Waals surface area (Å²) in [6.07, 6.45) is 9.23. The molecule has 2 nitrogen and oxygen atoms in total. The quantitative estimate of drug-likeness (QED) is 0.798. The number of aromatic nitrogens is 1. The Morgan fingerprint density at radius 3 is 2.87 bits per heavy atom. The minimum Gasteiger partial charge on any atom is -0.382 e. The Bertz CT molecular complexity index is 322. The van der Waals surface area contributed by atoms with Crippen LogP contribution >= 0.6 is 0 Å². The van der Waals surface area contributed by atoms with E-state index in [1.165, 1.54) is 36.9 Å². The summed E-state index contributed by atoms with van der Waals surface area (Å²) in [7, 11) is 0. The largest absolute Gasteiger partial charge is 0.382 e. The van der Waals surface area contributed by atoms with Gasteiger partial charge in [0.15, 0.2) is 0 Å². The number of rotatable bonds is 2. The lowest BCUT2D eigenvalue weighted by Gasteiger charge is -2.30. The average Bonchev–Trinajstić information content (AvgIpc) is 2.24. The van der Waals surface area contributed by atoms with Crippen LogP contribution in [0.25, 0.3) is 0 Å². The first-order valence-corrected chi connectivity index (χ1v) is 5.94. The molecule has 2 heteroatoms. The number of aryl methyl sites for hydroxylation is 1. The Morgan fingerprint density at radius 1 is 1.33 bits per heavy atom. The fourth-order valence-corrected chi connectivity index (χ4v) is 2.37. The normalized spacial score (nSPS) is 26.3. The minimum absolute atomic E-state index is 0.653. The zero-order valence-corrected chi connectivity index (χ0v) is 9.66. The molecule has 1 aliphatic rings. The Balaban J connectivity index is 2.04. The summed E-state index contributed by atoms with van der Waals surface area (Å²) in [5.41, 5.74) is 2.50. The Hall–Kier alpha value is -1.05. The molecular weight excluding hydrogens is 184 g/mol. The third-order valence-corrected chi connectivity index (χ3v) is 3.47. The summed E-state index contributed by atoms with van der Waals surface area (Å²) in [6.45, 7) is 4.47. The minimum atomic E-state index is 0.653. The summed E-state index contributed by atoms with van der Waals surface area (Å²) in [6, 6.07) is 2.73. The molecule has 1 saturated carbocycles. The van der Waals surface area contributed by atoms with E-state index in [9.17, 15) is 0 Å². The number of nitrogens with zero attached hydrogens (tertiary/aromatic N) is 1. The van der Waals surface area contributed by atoms with E-state index >= 15 is 0 Å². The molecule has 2 rings (SSSR count). The third-order valence-electron chi connectivity index (χ3n) is 3.47. The maximum absolute atomic E-state index is 4.12. The fraction of sp³-hybridized carbons (Fsp3) is 0.615. The van der Waals surface area contributed by atoms with Crippen molar-refractivity contribution in [1.82, 2.24) is 4.98 Å². The highest BCUT2D eigenvalue weighted by molar-refractivity contribution is 5.49. The van der Waals surface area contributed by atoms with E-state index in [1.807, 2.05) is 12.4 Å². The van der Waals surface area contributed by atoms with Crippen molar-refractivity contribution in [1.29, 1.82) is 0 Å². The van der Waals surface area contributed by atoms with E-state index in [-0.39, 0.29) is 0 Å². The van der Waals surface area contributed by atoms with Crippen molar-refractivity contribution in [2.45, 2.75) is 45.6 Å². The summed E-state index contributed by atoms with van der Waals surface area (Å²) in [5.74, 6) is 0.798. The second-order valence-corrected chi connectivity index (χ2v) is 4.70. The summed E-state index contributed by atoms with van der Waals surface area (Å²) in [4.78, 5) is 4.12. The van der Waals surface area contributed by atoms with Crippen LogP contribution in [0, 0.1) is 12.8 Å². The maximum atomic E-state index is 4.12. The van der Waals surface area contributed by atoms with Crippen LogP contribution in [0.1, 0.15) is 38.2 Å². The molecule has 15 heavy (non-hydrogen) atoms. The summed E-state index contributed by atoms with van der Waals surface area (Å²) < 4.78 is 0. The second kappa shape index (κ2) is 4.65. The molecule has 1 heterocycles. The highest BCUT2D eigenvalue weighted by atomic mass is 14.9. The van der Waals surface area contributed by atoms with Gasteiger partial charge in [0, 0.05) is 24.1 Å². The van der Waals surface area contributed by atoms with Gasteiger partial charge in [0.25, 0.3) is 0 Å². The van der Waals surface area contributed by atoms with Crippen LogP contribution in [-0.2, 0) is 0 Å². The van der Waals surface area contributed by atoms with Gasteiger partial charge in [0.1, 0.15) is 0 Å². The lowest BCUT2D eigenvalue weighted by molar-refractivity contribution is 0.349. The first kappa shape index (κ1) is 10.5. The second-order valence-electron chi connectivity index (χ2n) is 4.70. The predicted molar refractivity (Wildman–Crippen MR) is 64.0 cm³/mol. The van der Waals surface area contributed by atoms with Gasteiger partial charge in [0.05, 0.1) is 0 Å². The standard InChI is InChI=1S/C13H20N2/c1-10-5-3-4-6-12(10)15-13-7-8-14-9-11(13)2/h7-10,12H,3-6H2,1-2H3,(H,14,15). The van der Waals surface area contributed by atoms with Crippen molar-refractivity contribution in [2.24, 2.45) is 5.92 Å². The van der Waals surface area contributed by atoms with Crippen molar-refractivity contribution in [3.05, 3.63) is 24.0 Å². The van der Waals surface area contributed by atoms with Crippen LogP contribution in [0.4, 0.5) is 5.69 Å². The van der Waals surface area contributed by atoms with E-state index in [4.69, 9.17) is 0 Å². The van der Waals surface area contributed by atoms with E-state index in [1.54, 1.807) is 0 Å². The number of nitrogens with one attached hydrogen (secondary N) is 1. The smallest absolute Gasteiger partial charge is 0.0403 e. The molecule has 0 radical (unpaired) electrons. The van der Waals surface area contributed by atoms with Crippen LogP contribution in [0.2, 0.25) is 0 Å². The fourth-order valence-electron chi connectivity index (χ4n) is 2.37. The van der Waals surface area contributed by atoms with Crippen molar-refractivity contribution in [3.63, 3.8) is 0 Å². The molecule has 1 aliphatic carbocycles. The van der Waals surface area contributed by atoms with Gasteiger partial charge in [-0.2, -0.15) is 0 Å². The van der Waals surface area contributed by atoms with Crippen LogP contribution in [0.5, 0.6) is 0 Å². The highest BCUT2D eigenvalue weighted by Gasteiger charge is 2.21. The molecule has 2 unspecified atom stereocenters. The molecule has 1 aromatic heterocycles. The topological polar surface area (TPSA) is 24.9 Å². The Kier molecular flexibility index (Phi) is 3.24. The van der Waals surface area contributed by atoms with Crippen LogP contribution in [-0.4, -0.2) is 11.0 Å².